The van der Waals surface area contributed by atoms with Gasteiger partial charge in [-0.05, 0) is 43.7 Å². The average Bonchev–Trinajstić information content (AvgIpc) is 3.46. The van der Waals surface area contributed by atoms with Crippen molar-refractivity contribution >= 4 is 38.9 Å². The molecular weight excluding hydrogens is 448 g/mol. The van der Waals surface area contributed by atoms with Crippen molar-refractivity contribution in [2.75, 3.05) is 0 Å². The van der Waals surface area contributed by atoms with Crippen LogP contribution in [-0.4, -0.2) is 25.5 Å². The number of aromatic nitrogens is 2. The smallest absolute Gasteiger partial charge is 0.242 e. The minimum absolute atomic E-state index is 0.0588. The molecule has 0 aliphatic rings. The lowest BCUT2D eigenvalue weighted by molar-refractivity contribution is 0.101. The zero-order valence-corrected chi connectivity index (χ0v) is 18.7. The van der Waals surface area contributed by atoms with E-state index in [1.807, 2.05) is 43.3 Å². The van der Waals surface area contributed by atoms with Gasteiger partial charge in [0.15, 0.2) is 16.6 Å². The largest absolute Gasteiger partial charge is 0.503 e. The molecule has 2 aromatic carbocycles. The molecule has 2 N–H and O–H groups in total. The monoisotopic (exact) mass is 464 g/mol. The minimum Gasteiger partial charge on any atom is -0.503 e. The standard InChI is InChI=1S/C24H17ClN2O4S/c1-12-6-3-4-7-14(12)20-18(21(28)16-11-10-13(2)31-16)22(29)23(30)27(20)24-26-19-15(25)8-5-9-17(19)32-24/h3-11,29-30H,1-2H3. The molecule has 0 fully saturated rings. The summed E-state index contributed by atoms with van der Waals surface area (Å²) in [7, 11) is 0. The van der Waals surface area contributed by atoms with Crippen LogP contribution in [0.15, 0.2) is 59.0 Å². The quantitative estimate of drug-likeness (QED) is 0.306. The Morgan fingerprint density at radius 3 is 2.53 bits per heavy atom. The number of aromatic hydroxyl groups is 2. The van der Waals surface area contributed by atoms with E-state index in [9.17, 15) is 15.0 Å². The molecule has 0 radical (unpaired) electrons. The Morgan fingerprint density at radius 2 is 1.84 bits per heavy atom. The van der Waals surface area contributed by atoms with Crippen LogP contribution in [0.2, 0.25) is 5.02 Å². The minimum atomic E-state index is -0.540. The van der Waals surface area contributed by atoms with Gasteiger partial charge in [0, 0.05) is 5.56 Å². The Labute approximate surface area is 192 Å². The highest BCUT2D eigenvalue weighted by Gasteiger charge is 2.32. The van der Waals surface area contributed by atoms with Crippen molar-refractivity contribution in [1.82, 2.24) is 9.55 Å². The van der Waals surface area contributed by atoms with Crippen molar-refractivity contribution in [3.63, 3.8) is 0 Å². The van der Waals surface area contributed by atoms with Crippen LogP contribution < -0.4 is 0 Å². The molecule has 32 heavy (non-hydrogen) atoms. The van der Waals surface area contributed by atoms with Gasteiger partial charge in [0.1, 0.15) is 11.3 Å². The highest BCUT2D eigenvalue weighted by molar-refractivity contribution is 7.21. The van der Waals surface area contributed by atoms with Crippen LogP contribution in [0.3, 0.4) is 0 Å². The molecule has 8 heteroatoms. The van der Waals surface area contributed by atoms with Crippen molar-refractivity contribution in [3.05, 3.63) is 82.3 Å². The molecule has 0 spiro atoms. The van der Waals surface area contributed by atoms with Crippen molar-refractivity contribution in [2.24, 2.45) is 0 Å². The van der Waals surface area contributed by atoms with Gasteiger partial charge in [0.2, 0.25) is 11.7 Å². The van der Waals surface area contributed by atoms with Crippen LogP contribution in [0, 0.1) is 13.8 Å². The van der Waals surface area contributed by atoms with Gasteiger partial charge in [0.25, 0.3) is 0 Å². The number of nitrogens with zero attached hydrogens (tertiary/aromatic N) is 2. The molecule has 5 rings (SSSR count). The Bertz CT molecular complexity index is 1510. The summed E-state index contributed by atoms with van der Waals surface area (Å²) >= 11 is 7.59. The number of para-hydroxylation sites is 1. The van der Waals surface area contributed by atoms with Crippen molar-refractivity contribution in [2.45, 2.75) is 13.8 Å². The maximum absolute atomic E-state index is 13.4. The zero-order chi connectivity index (χ0) is 22.6. The maximum atomic E-state index is 13.4. The van der Waals surface area contributed by atoms with E-state index in [1.54, 1.807) is 25.1 Å². The normalized spacial score (nSPS) is 11.3. The molecule has 0 aliphatic carbocycles. The number of thiazole rings is 1. The average molecular weight is 465 g/mol. The number of carbonyl (C=O) groups is 1. The second-order valence-corrected chi connectivity index (χ2v) is 8.78. The van der Waals surface area contributed by atoms with E-state index in [1.165, 1.54) is 15.9 Å². The number of carbonyl (C=O) groups excluding carboxylic acids is 1. The van der Waals surface area contributed by atoms with Crippen molar-refractivity contribution in [3.8, 4) is 28.0 Å². The summed E-state index contributed by atoms with van der Waals surface area (Å²) in [6.45, 7) is 3.62. The number of halogens is 1. The molecule has 5 aromatic rings. The van der Waals surface area contributed by atoms with E-state index in [4.69, 9.17) is 16.0 Å². The first-order valence-electron chi connectivity index (χ1n) is 9.76. The lowest BCUT2D eigenvalue weighted by Crippen LogP contribution is -2.04. The van der Waals surface area contributed by atoms with Crippen molar-refractivity contribution < 1.29 is 19.4 Å². The Morgan fingerprint density at radius 1 is 1.06 bits per heavy atom. The van der Waals surface area contributed by atoms with E-state index in [0.29, 0.717) is 32.7 Å². The summed E-state index contributed by atoms with van der Waals surface area (Å²) in [4.78, 5) is 18.0. The van der Waals surface area contributed by atoms with E-state index in [2.05, 4.69) is 4.98 Å². The Hall–Kier alpha value is -3.55. The first-order chi connectivity index (χ1) is 15.4. The predicted molar refractivity (Wildman–Crippen MR) is 124 cm³/mol. The van der Waals surface area contributed by atoms with Crippen LogP contribution in [0.5, 0.6) is 11.6 Å². The van der Waals surface area contributed by atoms with Gasteiger partial charge in [-0.3, -0.25) is 9.36 Å². The van der Waals surface area contributed by atoms with Gasteiger partial charge in [-0.2, -0.15) is 0 Å². The number of hydrogen-bond donors (Lipinski definition) is 2. The summed E-state index contributed by atoms with van der Waals surface area (Å²) in [5.74, 6) is -0.924. The van der Waals surface area contributed by atoms with Crippen molar-refractivity contribution in [1.29, 1.82) is 0 Å². The number of rotatable bonds is 4. The van der Waals surface area contributed by atoms with Gasteiger partial charge >= 0.3 is 0 Å². The number of hydrogen-bond acceptors (Lipinski definition) is 6. The number of fused-ring (bicyclic) bond motifs is 1. The maximum Gasteiger partial charge on any atom is 0.242 e. The van der Waals surface area contributed by atoms with Gasteiger partial charge in [-0.25, -0.2) is 4.98 Å². The topological polar surface area (TPSA) is 88.5 Å². The molecule has 0 saturated heterocycles. The van der Waals surface area contributed by atoms with Gasteiger partial charge < -0.3 is 14.6 Å². The molecule has 0 atom stereocenters. The predicted octanol–water partition coefficient (Wildman–Crippen LogP) is 6.26. The van der Waals surface area contributed by atoms with E-state index in [0.717, 1.165) is 10.3 Å². The Kier molecular flexibility index (Phi) is 4.80. The molecule has 6 nitrogen and oxygen atoms in total. The summed E-state index contributed by atoms with van der Waals surface area (Å²) < 4.78 is 7.71. The third-order valence-electron chi connectivity index (χ3n) is 5.26. The summed E-state index contributed by atoms with van der Waals surface area (Å²) in [5, 5.41) is 22.7. The lowest BCUT2D eigenvalue weighted by atomic mass is 9.99. The molecule has 0 aliphatic heterocycles. The summed E-state index contributed by atoms with van der Waals surface area (Å²) in [6.07, 6.45) is 0. The third-order valence-corrected chi connectivity index (χ3v) is 6.57. The van der Waals surface area contributed by atoms with Crippen LogP contribution in [-0.2, 0) is 0 Å². The van der Waals surface area contributed by atoms with E-state index in [-0.39, 0.29) is 11.3 Å². The molecule has 3 heterocycles. The van der Waals surface area contributed by atoms with Gasteiger partial charge in [-0.1, -0.05) is 53.3 Å². The molecule has 0 amide bonds. The molecule has 0 bridgehead atoms. The van der Waals surface area contributed by atoms with E-state index >= 15 is 0 Å². The van der Waals surface area contributed by atoms with Crippen LogP contribution >= 0.6 is 22.9 Å². The fourth-order valence-electron chi connectivity index (χ4n) is 3.72. The van der Waals surface area contributed by atoms with Crippen LogP contribution in [0.25, 0.3) is 26.6 Å². The van der Waals surface area contributed by atoms with Crippen LogP contribution in [0.4, 0.5) is 0 Å². The number of aryl methyl sites for hydroxylation is 2. The fourth-order valence-corrected chi connectivity index (χ4v) is 5.00. The third kappa shape index (κ3) is 3.09. The second kappa shape index (κ2) is 7.55. The highest BCUT2D eigenvalue weighted by Crippen LogP contribution is 2.46. The molecule has 160 valence electrons. The second-order valence-electron chi connectivity index (χ2n) is 7.37. The van der Waals surface area contributed by atoms with E-state index < -0.39 is 17.4 Å². The van der Waals surface area contributed by atoms with Gasteiger partial charge in [0.05, 0.1) is 21.0 Å². The SMILES string of the molecule is Cc1ccc(C(=O)c2c(O)c(O)n(-c3nc4c(Cl)cccc4s3)c2-c2ccccc2C)o1. The highest BCUT2D eigenvalue weighted by atomic mass is 35.5. The number of ketones is 1. The van der Waals surface area contributed by atoms with Crippen LogP contribution in [0.1, 0.15) is 27.4 Å². The molecule has 0 unspecified atom stereocenters. The molecular formula is C24H17ClN2O4S. The lowest BCUT2D eigenvalue weighted by Gasteiger charge is -2.11. The fraction of sp³-hybridized carbons (Fsp3) is 0.0833. The van der Waals surface area contributed by atoms with Gasteiger partial charge in [-0.15, -0.1) is 0 Å². The zero-order valence-electron chi connectivity index (χ0n) is 17.1. The summed E-state index contributed by atoms with van der Waals surface area (Å²) in [5.41, 5.74) is 2.37. The molecule has 3 aromatic heterocycles. The first-order valence-corrected chi connectivity index (χ1v) is 11.0. The Balaban J connectivity index is 1.85. The number of benzene rings is 2. The number of furan rings is 1. The first kappa shape index (κ1) is 20.4. The summed E-state index contributed by atoms with van der Waals surface area (Å²) in [6, 6.07) is 16.1. The molecule has 0 saturated carbocycles.